The Labute approximate surface area is 200 Å². The summed E-state index contributed by atoms with van der Waals surface area (Å²) in [5, 5.41) is 16.1. The van der Waals surface area contributed by atoms with Crippen molar-refractivity contribution in [3.8, 4) is 0 Å². The Kier molecular flexibility index (Phi) is 7.50. The molecule has 1 aliphatic rings. The second-order valence-corrected chi connectivity index (χ2v) is 7.66. The maximum absolute atomic E-state index is 12.3. The number of carbonyl (C=O) groups is 2. The number of carboxylic acid groups (broad SMARTS) is 1. The van der Waals surface area contributed by atoms with Crippen molar-refractivity contribution < 1.29 is 44.3 Å². The Morgan fingerprint density at radius 1 is 1.03 bits per heavy atom. The number of thioether (sulfide) groups is 1. The van der Waals surface area contributed by atoms with Gasteiger partial charge in [-0.2, -0.15) is 0 Å². The molecule has 0 spiro atoms. The first kappa shape index (κ1) is 22.3. The number of nitrogens with one attached hydrogen (secondary N) is 1. The number of carboxylic acids is 1. The van der Waals surface area contributed by atoms with E-state index in [1.807, 2.05) is 48.5 Å². The van der Waals surface area contributed by atoms with Crippen LogP contribution in [0.2, 0.25) is 0 Å². The number of fused-ring (bicyclic) bond motifs is 1. The SMILES string of the molecule is O=C([O-])CCc1ccc(N=C2NC(=O)C(=Cc3ccc4ccccc4c3)S2)cc1.[Na+]. The van der Waals surface area contributed by atoms with E-state index in [1.165, 1.54) is 11.8 Å². The van der Waals surface area contributed by atoms with Crippen LogP contribution in [0.3, 0.4) is 0 Å². The standard InChI is InChI=1S/C23H18N2O3S.Na/c26-21(27)12-8-15-6-10-19(11-7-15)24-23-25-22(28)20(29-23)14-16-5-9-17-3-1-2-4-18(17)13-16;/h1-7,9-11,13-14H,8,12H2,(H,26,27)(H,24,25,28);/q;+1/p-1. The van der Waals surface area contributed by atoms with Gasteiger partial charge >= 0.3 is 29.6 Å². The van der Waals surface area contributed by atoms with Gasteiger partial charge in [0.15, 0.2) is 5.17 Å². The van der Waals surface area contributed by atoms with Crippen LogP contribution in [-0.4, -0.2) is 17.0 Å². The molecule has 30 heavy (non-hydrogen) atoms. The van der Waals surface area contributed by atoms with E-state index in [9.17, 15) is 14.7 Å². The third-order valence-electron chi connectivity index (χ3n) is 4.51. The van der Waals surface area contributed by atoms with Gasteiger partial charge in [-0.15, -0.1) is 0 Å². The summed E-state index contributed by atoms with van der Waals surface area (Å²) in [6.45, 7) is 0. The van der Waals surface area contributed by atoms with Gasteiger partial charge in [-0.25, -0.2) is 4.99 Å². The minimum absolute atomic E-state index is 0. The number of benzene rings is 3. The summed E-state index contributed by atoms with van der Waals surface area (Å²) in [6.07, 6.45) is 2.27. The molecular weight excluding hydrogens is 407 g/mol. The normalized spacial score (nSPS) is 15.9. The van der Waals surface area contributed by atoms with Crippen LogP contribution in [0.5, 0.6) is 0 Å². The zero-order chi connectivity index (χ0) is 20.2. The van der Waals surface area contributed by atoms with Crippen molar-refractivity contribution in [3.63, 3.8) is 0 Å². The van der Waals surface area contributed by atoms with E-state index < -0.39 is 5.97 Å². The zero-order valence-electron chi connectivity index (χ0n) is 16.4. The first-order valence-corrected chi connectivity index (χ1v) is 9.96. The summed E-state index contributed by atoms with van der Waals surface area (Å²) in [5.74, 6) is -1.24. The van der Waals surface area contributed by atoms with Gasteiger partial charge in [0.1, 0.15) is 0 Å². The monoisotopic (exact) mass is 424 g/mol. The molecule has 0 aliphatic carbocycles. The van der Waals surface area contributed by atoms with Crippen molar-refractivity contribution in [2.45, 2.75) is 12.8 Å². The fourth-order valence-electron chi connectivity index (χ4n) is 3.03. The van der Waals surface area contributed by atoms with Crippen LogP contribution < -0.4 is 40.0 Å². The largest absolute Gasteiger partial charge is 1.00 e. The van der Waals surface area contributed by atoms with Crippen LogP contribution in [0.15, 0.2) is 76.6 Å². The number of aryl methyl sites for hydroxylation is 1. The first-order chi connectivity index (χ1) is 14.1. The number of nitrogens with zero attached hydrogens (tertiary/aromatic N) is 1. The second kappa shape index (κ2) is 10.1. The van der Waals surface area contributed by atoms with Gasteiger partial charge in [-0.3, -0.25) is 4.79 Å². The Balaban J connectivity index is 0.00000256. The molecule has 7 heteroatoms. The molecular formula is C23H17N2NaO3S. The molecule has 0 saturated carbocycles. The van der Waals surface area contributed by atoms with Gasteiger partial charge < -0.3 is 15.2 Å². The third-order valence-corrected chi connectivity index (χ3v) is 5.42. The van der Waals surface area contributed by atoms with Crippen molar-refractivity contribution in [1.82, 2.24) is 5.32 Å². The molecule has 1 saturated heterocycles. The van der Waals surface area contributed by atoms with Gasteiger partial charge in [0, 0.05) is 5.97 Å². The fourth-order valence-corrected chi connectivity index (χ4v) is 3.87. The summed E-state index contributed by atoms with van der Waals surface area (Å²) in [4.78, 5) is 27.9. The zero-order valence-corrected chi connectivity index (χ0v) is 19.2. The van der Waals surface area contributed by atoms with Gasteiger partial charge in [0.2, 0.25) is 0 Å². The predicted molar refractivity (Wildman–Crippen MR) is 115 cm³/mol. The maximum Gasteiger partial charge on any atom is 1.00 e. The fraction of sp³-hybridized carbons (Fsp3) is 0.0870. The van der Waals surface area contributed by atoms with Crippen LogP contribution in [0.4, 0.5) is 5.69 Å². The Bertz CT molecular complexity index is 1160. The molecule has 0 radical (unpaired) electrons. The first-order valence-electron chi connectivity index (χ1n) is 9.14. The summed E-state index contributed by atoms with van der Waals surface area (Å²) in [5.41, 5.74) is 2.55. The van der Waals surface area contributed by atoms with E-state index >= 15 is 0 Å². The number of hydrogen-bond acceptors (Lipinski definition) is 5. The van der Waals surface area contributed by atoms with E-state index in [2.05, 4.69) is 22.4 Å². The van der Waals surface area contributed by atoms with Crippen molar-refractivity contribution in [1.29, 1.82) is 0 Å². The molecule has 3 aromatic rings. The molecule has 0 bridgehead atoms. The Morgan fingerprint density at radius 3 is 2.50 bits per heavy atom. The van der Waals surface area contributed by atoms with Gasteiger partial charge in [-0.05, 0) is 70.8 Å². The molecule has 1 aliphatic heterocycles. The Hall–Kier alpha value is -2.38. The minimum Gasteiger partial charge on any atom is -0.550 e. The maximum atomic E-state index is 12.3. The number of carbonyl (C=O) groups excluding carboxylic acids is 2. The summed E-state index contributed by atoms with van der Waals surface area (Å²) >= 11 is 1.30. The van der Waals surface area contributed by atoms with Crippen LogP contribution in [0.25, 0.3) is 16.8 Å². The number of amidine groups is 1. The van der Waals surface area contributed by atoms with Crippen molar-refractivity contribution >= 4 is 51.3 Å². The van der Waals surface area contributed by atoms with E-state index in [0.717, 1.165) is 21.9 Å². The van der Waals surface area contributed by atoms with Crippen molar-refractivity contribution in [2.75, 3.05) is 0 Å². The van der Waals surface area contributed by atoms with E-state index in [1.54, 1.807) is 12.1 Å². The van der Waals surface area contributed by atoms with Gasteiger partial charge in [0.25, 0.3) is 5.91 Å². The number of amides is 1. The van der Waals surface area contributed by atoms with Crippen molar-refractivity contribution in [2.24, 2.45) is 4.99 Å². The van der Waals surface area contributed by atoms with Crippen LogP contribution in [0, 0.1) is 0 Å². The molecule has 0 aromatic heterocycles. The molecule has 144 valence electrons. The molecule has 1 fully saturated rings. The summed E-state index contributed by atoms with van der Waals surface area (Å²) in [6, 6.07) is 21.4. The van der Waals surface area contributed by atoms with Crippen LogP contribution in [-0.2, 0) is 16.0 Å². The van der Waals surface area contributed by atoms with E-state index in [-0.39, 0.29) is 41.9 Å². The smallest absolute Gasteiger partial charge is 0.550 e. The van der Waals surface area contributed by atoms with Gasteiger partial charge in [-0.1, -0.05) is 48.5 Å². The molecule has 4 rings (SSSR count). The Morgan fingerprint density at radius 2 is 1.77 bits per heavy atom. The molecule has 3 aromatic carbocycles. The predicted octanol–water partition coefficient (Wildman–Crippen LogP) is 0.418. The molecule has 1 N–H and O–H groups in total. The average molecular weight is 424 g/mol. The average Bonchev–Trinajstić information content (AvgIpc) is 3.06. The van der Waals surface area contributed by atoms with Crippen LogP contribution in [0.1, 0.15) is 17.5 Å². The number of rotatable bonds is 5. The molecule has 0 unspecified atom stereocenters. The van der Waals surface area contributed by atoms with E-state index in [4.69, 9.17) is 0 Å². The minimum atomic E-state index is -1.06. The molecule has 5 nitrogen and oxygen atoms in total. The van der Waals surface area contributed by atoms with E-state index in [0.29, 0.717) is 22.2 Å². The van der Waals surface area contributed by atoms with Crippen LogP contribution >= 0.6 is 11.8 Å². The molecule has 1 amide bonds. The summed E-state index contributed by atoms with van der Waals surface area (Å²) < 4.78 is 0. The second-order valence-electron chi connectivity index (χ2n) is 6.63. The number of hydrogen-bond donors (Lipinski definition) is 1. The number of aliphatic carboxylic acids is 1. The topological polar surface area (TPSA) is 81.6 Å². The summed E-state index contributed by atoms with van der Waals surface area (Å²) in [7, 11) is 0. The third kappa shape index (κ3) is 5.61. The number of aliphatic imine (C=N–C) groups is 1. The molecule has 1 heterocycles. The molecule has 0 atom stereocenters. The van der Waals surface area contributed by atoms with Gasteiger partial charge in [0.05, 0.1) is 10.6 Å². The quantitative estimate of drug-likeness (QED) is 0.476. The van der Waals surface area contributed by atoms with Crippen molar-refractivity contribution in [3.05, 3.63) is 82.8 Å².